The van der Waals surface area contributed by atoms with E-state index in [0.29, 0.717) is 22.6 Å². The zero-order valence-corrected chi connectivity index (χ0v) is 23.2. The Morgan fingerprint density at radius 1 is 1.05 bits per heavy atom. The fourth-order valence-electron chi connectivity index (χ4n) is 4.64. The SMILES string of the molecule is CN(C)C(=O)[C@@H]1CCCN1c1cccc(-c2ccc3cnc(CNC(=O)c4cncc(S(C)(=O)=O)c4)cc3n2)n1. The summed E-state index contributed by atoms with van der Waals surface area (Å²) in [5.74, 6) is 0.347. The van der Waals surface area contributed by atoms with Crippen LogP contribution in [-0.4, -0.2) is 78.0 Å². The summed E-state index contributed by atoms with van der Waals surface area (Å²) in [7, 11) is 0.0526. The maximum absolute atomic E-state index is 12.7. The van der Waals surface area contributed by atoms with Crippen LogP contribution in [0.2, 0.25) is 0 Å². The number of nitrogens with one attached hydrogen (secondary N) is 1. The molecule has 1 aliphatic heterocycles. The lowest BCUT2D eigenvalue weighted by molar-refractivity contribution is -0.129. The molecule has 5 heterocycles. The molecule has 1 atom stereocenters. The molecule has 12 heteroatoms. The van der Waals surface area contributed by atoms with Crippen molar-refractivity contribution < 1.29 is 18.0 Å². The van der Waals surface area contributed by atoms with Gasteiger partial charge in [-0.05, 0) is 49.2 Å². The summed E-state index contributed by atoms with van der Waals surface area (Å²) in [5.41, 5.74) is 2.77. The van der Waals surface area contributed by atoms with Gasteiger partial charge in [-0.3, -0.25) is 19.6 Å². The molecule has 0 bridgehead atoms. The molecule has 40 heavy (non-hydrogen) atoms. The Hall–Kier alpha value is -4.45. The standard InChI is InChI=1S/C28H29N7O4S/c1-34(2)28(37)25-7-5-11-35(25)26-8-4-6-22(33-26)23-10-9-18-15-30-20(13-24(18)32-23)16-31-27(36)19-12-21(17-29-14-19)40(3,38)39/h4,6,8-10,12-15,17,25H,5,7,11,16H2,1-3H3,(H,31,36)/t25-/m0/s1. The molecule has 1 fully saturated rings. The van der Waals surface area contributed by atoms with Crippen LogP contribution in [0.1, 0.15) is 28.9 Å². The Balaban J connectivity index is 1.35. The van der Waals surface area contributed by atoms with Crippen LogP contribution >= 0.6 is 0 Å². The molecular weight excluding hydrogens is 530 g/mol. The lowest BCUT2D eigenvalue weighted by Gasteiger charge is -2.27. The summed E-state index contributed by atoms with van der Waals surface area (Å²) in [6, 6.07) is 12.4. The second-order valence-electron chi connectivity index (χ2n) is 9.89. The second kappa shape index (κ2) is 11.0. The third-order valence-electron chi connectivity index (χ3n) is 6.73. The first-order valence-electron chi connectivity index (χ1n) is 12.7. The van der Waals surface area contributed by atoms with Crippen LogP contribution in [-0.2, 0) is 21.2 Å². The molecule has 4 aromatic heterocycles. The number of amides is 2. The highest BCUT2D eigenvalue weighted by molar-refractivity contribution is 7.90. The van der Waals surface area contributed by atoms with Crippen LogP contribution in [0.15, 0.2) is 66.0 Å². The van der Waals surface area contributed by atoms with Crippen molar-refractivity contribution in [2.24, 2.45) is 0 Å². The van der Waals surface area contributed by atoms with Crippen LogP contribution in [0, 0.1) is 0 Å². The van der Waals surface area contributed by atoms with E-state index in [0.717, 1.165) is 36.8 Å². The van der Waals surface area contributed by atoms with E-state index in [9.17, 15) is 18.0 Å². The predicted molar refractivity (Wildman–Crippen MR) is 150 cm³/mol. The number of rotatable bonds is 7. The molecule has 4 aromatic rings. The molecule has 0 radical (unpaired) electrons. The Labute approximate surface area is 232 Å². The van der Waals surface area contributed by atoms with Gasteiger partial charge in [0.25, 0.3) is 5.91 Å². The van der Waals surface area contributed by atoms with E-state index in [2.05, 4.69) is 20.2 Å². The summed E-state index contributed by atoms with van der Waals surface area (Å²) in [4.78, 5) is 46.9. The zero-order valence-electron chi connectivity index (χ0n) is 22.4. The molecule has 206 valence electrons. The molecule has 1 aliphatic rings. The third-order valence-corrected chi connectivity index (χ3v) is 7.81. The monoisotopic (exact) mass is 559 g/mol. The van der Waals surface area contributed by atoms with E-state index in [1.165, 1.54) is 18.5 Å². The summed E-state index contributed by atoms with van der Waals surface area (Å²) in [6.45, 7) is 0.884. The molecular formula is C28H29N7O4S. The van der Waals surface area contributed by atoms with E-state index in [1.807, 2.05) is 30.3 Å². The number of nitrogens with zero attached hydrogens (tertiary/aromatic N) is 6. The quantitative estimate of drug-likeness (QED) is 0.362. The molecule has 1 N–H and O–H groups in total. The number of fused-ring (bicyclic) bond motifs is 1. The van der Waals surface area contributed by atoms with Gasteiger partial charge in [0.15, 0.2) is 9.84 Å². The Bertz CT molecular complexity index is 1710. The van der Waals surface area contributed by atoms with Crippen molar-refractivity contribution in [1.29, 1.82) is 0 Å². The fourth-order valence-corrected chi connectivity index (χ4v) is 5.23. The summed E-state index contributed by atoms with van der Waals surface area (Å²) >= 11 is 0. The molecule has 0 aromatic carbocycles. The first-order chi connectivity index (χ1) is 19.1. The molecule has 5 rings (SSSR count). The van der Waals surface area contributed by atoms with Gasteiger partial charge < -0.3 is 15.1 Å². The minimum absolute atomic E-state index is 0.0251. The average Bonchev–Trinajstić information content (AvgIpc) is 3.45. The van der Waals surface area contributed by atoms with E-state index >= 15 is 0 Å². The zero-order chi connectivity index (χ0) is 28.4. The number of hydrogen-bond donors (Lipinski definition) is 1. The number of likely N-dealkylation sites (N-methyl/N-ethyl adjacent to an activating group) is 1. The highest BCUT2D eigenvalue weighted by Crippen LogP contribution is 2.28. The maximum atomic E-state index is 12.7. The summed E-state index contributed by atoms with van der Waals surface area (Å²) < 4.78 is 23.6. The number of aromatic nitrogens is 4. The minimum Gasteiger partial charge on any atom is -0.347 e. The summed E-state index contributed by atoms with van der Waals surface area (Å²) in [5, 5.41) is 3.58. The number of sulfone groups is 1. The number of pyridine rings is 4. The van der Waals surface area contributed by atoms with E-state index in [-0.39, 0.29) is 29.0 Å². The fraction of sp³-hybridized carbons (Fsp3) is 0.286. The lowest BCUT2D eigenvalue weighted by Crippen LogP contribution is -2.43. The van der Waals surface area contributed by atoms with Crippen LogP contribution in [0.25, 0.3) is 22.3 Å². The average molecular weight is 560 g/mol. The normalized spacial score (nSPS) is 15.3. The van der Waals surface area contributed by atoms with Crippen molar-refractivity contribution in [3.8, 4) is 11.4 Å². The van der Waals surface area contributed by atoms with Gasteiger partial charge in [-0.25, -0.2) is 18.4 Å². The molecule has 11 nitrogen and oxygen atoms in total. The molecule has 0 aliphatic carbocycles. The smallest absolute Gasteiger partial charge is 0.253 e. The topological polar surface area (TPSA) is 138 Å². The van der Waals surface area contributed by atoms with Gasteiger partial charge >= 0.3 is 0 Å². The van der Waals surface area contributed by atoms with Gasteiger partial charge in [0, 0.05) is 50.9 Å². The number of hydrogen-bond acceptors (Lipinski definition) is 9. The van der Waals surface area contributed by atoms with Gasteiger partial charge in [0.1, 0.15) is 11.9 Å². The Morgan fingerprint density at radius 2 is 1.85 bits per heavy atom. The number of carbonyl (C=O) groups excluding carboxylic acids is 2. The van der Waals surface area contributed by atoms with Gasteiger partial charge in [0.05, 0.1) is 39.6 Å². The van der Waals surface area contributed by atoms with Crippen molar-refractivity contribution in [1.82, 2.24) is 30.2 Å². The van der Waals surface area contributed by atoms with Crippen molar-refractivity contribution in [3.05, 3.63) is 72.3 Å². The van der Waals surface area contributed by atoms with Crippen LogP contribution in [0.3, 0.4) is 0 Å². The molecule has 2 amide bonds. The first-order valence-corrected chi connectivity index (χ1v) is 14.6. The largest absolute Gasteiger partial charge is 0.347 e. The third kappa shape index (κ3) is 5.76. The van der Waals surface area contributed by atoms with E-state index in [4.69, 9.17) is 9.97 Å². The molecule has 0 saturated carbocycles. The number of anilines is 1. The van der Waals surface area contributed by atoms with Gasteiger partial charge in [0.2, 0.25) is 5.91 Å². The van der Waals surface area contributed by atoms with Gasteiger partial charge in [-0.15, -0.1) is 0 Å². The second-order valence-corrected chi connectivity index (χ2v) is 11.9. The Kier molecular flexibility index (Phi) is 7.44. The predicted octanol–water partition coefficient (Wildman–Crippen LogP) is 2.48. The first kappa shape index (κ1) is 27.1. The van der Waals surface area contributed by atoms with E-state index in [1.54, 1.807) is 31.3 Å². The van der Waals surface area contributed by atoms with E-state index < -0.39 is 15.7 Å². The van der Waals surface area contributed by atoms with Crippen molar-refractivity contribution in [2.75, 3.05) is 31.8 Å². The van der Waals surface area contributed by atoms with Crippen molar-refractivity contribution in [3.63, 3.8) is 0 Å². The Morgan fingerprint density at radius 3 is 2.62 bits per heavy atom. The van der Waals surface area contributed by atoms with Gasteiger partial charge in [-0.1, -0.05) is 6.07 Å². The van der Waals surface area contributed by atoms with Crippen molar-refractivity contribution >= 4 is 38.4 Å². The van der Waals surface area contributed by atoms with Crippen LogP contribution < -0.4 is 10.2 Å². The van der Waals surface area contributed by atoms with Crippen LogP contribution in [0.5, 0.6) is 0 Å². The highest BCUT2D eigenvalue weighted by atomic mass is 32.2. The molecule has 0 unspecified atom stereocenters. The highest BCUT2D eigenvalue weighted by Gasteiger charge is 2.32. The van der Waals surface area contributed by atoms with Crippen molar-refractivity contribution in [2.45, 2.75) is 30.3 Å². The van der Waals surface area contributed by atoms with Crippen LogP contribution in [0.4, 0.5) is 5.82 Å². The van der Waals surface area contributed by atoms with Gasteiger partial charge in [-0.2, -0.15) is 0 Å². The summed E-state index contributed by atoms with van der Waals surface area (Å²) in [6.07, 6.45) is 6.99. The molecule has 1 saturated heterocycles. The maximum Gasteiger partial charge on any atom is 0.253 e. The lowest BCUT2D eigenvalue weighted by atomic mass is 10.1. The minimum atomic E-state index is -3.48. The number of carbonyl (C=O) groups is 2. The molecule has 0 spiro atoms.